The summed E-state index contributed by atoms with van der Waals surface area (Å²) in [6, 6.07) is 15.6. The largest absolute Gasteiger partial charge is 0.465 e. The molecule has 6 rings (SSSR count). The smallest absolute Gasteiger partial charge is 0.408 e. The molecule has 0 radical (unpaired) electrons. The highest BCUT2D eigenvalue weighted by Gasteiger charge is 2.58. The summed E-state index contributed by atoms with van der Waals surface area (Å²) in [4.78, 5) is 57.7. The number of carboxylic acid groups (broad SMARTS) is 1. The van der Waals surface area contributed by atoms with Gasteiger partial charge in [-0.1, -0.05) is 83.1 Å². The van der Waals surface area contributed by atoms with Crippen molar-refractivity contribution in [2.24, 2.45) is 17.3 Å². The van der Waals surface area contributed by atoms with E-state index in [0.717, 1.165) is 52.3 Å². The predicted molar refractivity (Wildman–Crippen MR) is 201 cm³/mol. The van der Waals surface area contributed by atoms with Crippen LogP contribution in [0.15, 0.2) is 60.9 Å². The van der Waals surface area contributed by atoms with Crippen molar-refractivity contribution in [2.45, 2.75) is 71.5 Å². The van der Waals surface area contributed by atoms with Crippen LogP contribution in [-0.2, 0) is 19.8 Å². The number of ether oxygens (including phenoxy) is 2. The number of nitrogens with one attached hydrogen (secondary N) is 3. The number of carbonyl (C=O) groups is 3. The van der Waals surface area contributed by atoms with Gasteiger partial charge in [-0.2, -0.15) is 0 Å². The normalized spacial score (nSPS) is 20.9. The Bertz CT molecular complexity index is 1910. The van der Waals surface area contributed by atoms with E-state index in [-0.39, 0.29) is 23.8 Å². The van der Waals surface area contributed by atoms with Crippen LogP contribution in [0.5, 0.6) is 0 Å². The highest BCUT2D eigenvalue weighted by Crippen LogP contribution is 2.52. The SMILES string of the molecule is COC[C@@H]1CN(C(=O)O)[C@](c2ncc(-c3ccc(-c4ccc(-c5cnc(C6CCCN6C(=O)C(NC(=O)OC)C(C)C)[nH]5)cc4)cc3)[nH]2)(C(C)(C)C)C1. The molecule has 13 heteroatoms. The lowest BCUT2D eigenvalue weighted by atomic mass is 9.70. The highest BCUT2D eigenvalue weighted by atomic mass is 16.5. The van der Waals surface area contributed by atoms with E-state index in [0.29, 0.717) is 31.9 Å². The fourth-order valence-corrected chi connectivity index (χ4v) is 8.09. The molecule has 2 aromatic carbocycles. The van der Waals surface area contributed by atoms with E-state index in [4.69, 9.17) is 14.5 Å². The van der Waals surface area contributed by atoms with Crippen LogP contribution in [0, 0.1) is 17.3 Å². The van der Waals surface area contributed by atoms with Gasteiger partial charge in [-0.05, 0) is 52.8 Å². The summed E-state index contributed by atoms with van der Waals surface area (Å²) in [6.07, 6.45) is 4.25. The minimum atomic E-state index is -0.960. The number of hydrogen-bond acceptors (Lipinski definition) is 7. The summed E-state index contributed by atoms with van der Waals surface area (Å²) in [7, 11) is 2.94. The number of H-pyrrole nitrogens is 2. The molecule has 3 amide bonds. The molecule has 2 aromatic heterocycles. The van der Waals surface area contributed by atoms with E-state index in [1.165, 1.54) is 12.0 Å². The maximum Gasteiger partial charge on any atom is 0.408 e. The van der Waals surface area contributed by atoms with Crippen LogP contribution in [-0.4, -0.2) is 92.9 Å². The lowest BCUT2D eigenvalue weighted by Gasteiger charge is -2.45. The maximum atomic E-state index is 13.5. The number of aromatic nitrogens is 4. The Kier molecular flexibility index (Phi) is 10.7. The second kappa shape index (κ2) is 15.1. The Morgan fingerprint density at radius 3 is 2.08 bits per heavy atom. The van der Waals surface area contributed by atoms with Crippen molar-refractivity contribution < 1.29 is 29.0 Å². The zero-order valence-corrected chi connectivity index (χ0v) is 31.6. The van der Waals surface area contributed by atoms with Crippen molar-refractivity contribution in [3.8, 4) is 33.6 Å². The van der Waals surface area contributed by atoms with Gasteiger partial charge in [0.25, 0.3) is 0 Å². The number of aromatic amines is 2. The number of rotatable bonds is 10. The molecular weight excluding hydrogens is 674 g/mol. The zero-order valence-electron chi connectivity index (χ0n) is 31.6. The first kappa shape index (κ1) is 37.6. The Hall–Kier alpha value is -5.17. The minimum absolute atomic E-state index is 0.0686. The summed E-state index contributed by atoms with van der Waals surface area (Å²) in [5.41, 5.74) is 4.45. The van der Waals surface area contributed by atoms with Gasteiger partial charge in [0.2, 0.25) is 5.91 Å². The Morgan fingerprint density at radius 1 is 0.943 bits per heavy atom. The quantitative estimate of drug-likeness (QED) is 0.135. The summed E-state index contributed by atoms with van der Waals surface area (Å²) >= 11 is 0. The molecule has 2 aliphatic heterocycles. The lowest BCUT2D eigenvalue weighted by molar-refractivity contribution is -0.135. The summed E-state index contributed by atoms with van der Waals surface area (Å²) in [5, 5.41) is 12.9. The molecule has 13 nitrogen and oxygen atoms in total. The number of nitrogens with zero attached hydrogens (tertiary/aromatic N) is 4. The molecule has 2 aliphatic rings. The highest BCUT2D eigenvalue weighted by molar-refractivity contribution is 5.86. The third-order valence-electron chi connectivity index (χ3n) is 10.9. The van der Waals surface area contributed by atoms with Crippen molar-refractivity contribution in [1.82, 2.24) is 35.1 Å². The molecular formula is C40H51N7O6. The number of likely N-dealkylation sites (tertiary alicyclic amines) is 2. The van der Waals surface area contributed by atoms with Crippen LogP contribution in [0.3, 0.4) is 0 Å². The first-order chi connectivity index (χ1) is 25.3. The first-order valence-electron chi connectivity index (χ1n) is 18.2. The van der Waals surface area contributed by atoms with Crippen LogP contribution in [0.1, 0.15) is 71.6 Å². The third kappa shape index (κ3) is 7.26. The van der Waals surface area contributed by atoms with E-state index < -0.39 is 29.2 Å². The van der Waals surface area contributed by atoms with Gasteiger partial charge < -0.3 is 34.8 Å². The molecule has 2 unspecified atom stereocenters. The topological polar surface area (TPSA) is 166 Å². The van der Waals surface area contributed by atoms with Gasteiger partial charge in [0.15, 0.2) is 0 Å². The standard InChI is InChI=1S/C40H51N7O6/c1-24(2)33(45-37(49)53-7)35(48)46-18-8-9-32(46)34-41-20-30(43-34)28-14-10-26(11-15-28)27-12-16-29(17-13-27)31-21-42-36(44-31)40(39(3,4)5)19-25(23-52-6)22-47(40)38(50)51/h10-17,20-21,24-25,32-33H,8-9,18-19,22-23H2,1-7H3,(H,41,43)(H,42,44)(H,45,49)(H,50,51)/t25-,32?,33?,40+/m0/s1. The molecule has 4 aromatic rings. The summed E-state index contributed by atoms with van der Waals surface area (Å²) in [6.45, 7) is 11.5. The Labute approximate surface area is 310 Å². The van der Waals surface area contributed by atoms with Crippen LogP contribution < -0.4 is 5.32 Å². The molecule has 0 bridgehead atoms. The summed E-state index contributed by atoms with van der Waals surface area (Å²) in [5.74, 6) is 1.19. The van der Waals surface area contributed by atoms with Crippen molar-refractivity contribution in [1.29, 1.82) is 0 Å². The van der Waals surface area contributed by atoms with Crippen LogP contribution >= 0.6 is 0 Å². The average Bonchev–Trinajstić information content (AvgIpc) is 3.96. The molecule has 4 atom stereocenters. The summed E-state index contributed by atoms with van der Waals surface area (Å²) < 4.78 is 10.2. The van der Waals surface area contributed by atoms with E-state index in [9.17, 15) is 19.5 Å². The lowest BCUT2D eigenvalue weighted by Crippen LogP contribution is -2.53. The predicted octanol–water partition coefficient (Wildman–Crippen LogP) is 7.07. The average molecular weight is 726 g/mol. The van der Waals surface area contributed by atoms with Gasteiger partial charge in [0, 0.05) is 26.1 Å². The molecule has 0 saturated carbocycles. The van der Waals surface area contributed by atoms with Crippen LogP contribution in [0.2, 0.25) is 0 Å². The number of amides is 3. The molecule has 0 aliphatic carbocycles. The van der Waals surface area contributed by atoms with E-state index in [1.54, 1.807) is 24.4 Å². The van der Waals surface area contributed by atoms with Crippen molar-refractivity contribution >= 4 is 18.1 Å². The number of imidazole rings is 2. The van der Waals surface area contributed by atoms with Gasteiger partial charge in [-0.3, -0.25) is 9.69 Å². The molecule has 282 valence electrons. The zero-order chi connectivity index (χ0) is 38.1. The van der Waals surface area contributed by atoms with E-state index >= 15 is 0 Å². The molecule has 4 heterocycles. The van der Waals surface area contributed by atoms with Gasteiger partial charge in [-0.25, -0.2) is 19.6 Å². The Balaban J connectivity index is 1.16. The van der Waals surface area contributed by atoms with Crippen molar-refractivity contribution in [3.63, 3.8) is 0 Å². The van der Waals surface area contributed by atoms with Crippen LogP contribution in [0.4, 0.5) is 9.59 Å². The van der Waals surface area contributed by atoms with E-state index in [2.05, 4.69) is 65.3 Å². The minimum Gasteiger partial charge on any atom is -0.465 e. The number of methoxy groups -OCH3 is 2. The Morgan fingerprint density at radius 2 is 1.53 bits per heavy atom. The molecule has 2 fully saturated rings. The van der Waals surface area contributed by atoms with Gasteiger partial charge >= 0.3 is 12.2 Å². The maximum absolute atomic E-state index is 13.5. The van der Waals surface area contributed by atoms with Gasteiger partial charge in [-0.15, -0.1) is 0 Å². The van der Waals surface area contributed by atoms with E-state index in [1.807, 2.05) is 38.1 Å². The molecule has 53 heavy (non-hydrogen) atoms. The fraction of sp³-hybridized carbons (Fsp3) is 0.475. The van der Waals surface area contributed by atoms with Crippen molar-refractivity contribution in [2.75, 3.05) is 33.9 Å². The monoisotopic (exact) mass is 725 g/mol. The second-order valence-electron chi connectivity index (χ2n) is 15.6. The number of hydrogen-bond donors (Lipinski definition) is 4. The third-order valence-corrected chi connectivity index (χ3v) is 10.9. The van der Waals surface area contributed by atoms with Crippen molar-refractivity contribution in [3.05, 3.63) is 72.6 Å². The number of carbonyl (C=O) groups excluding carboxylic acids is 2. The van der Waals surface area contributed by atoms with Gasteiger partial charge in [0.05, 0.1) is 43.5 Å². The second-order valence-corrected chi connectivity index (χ2v) is 15.6. The molecule has 0 spiro atoms. The fourth-order valence-electron chi connectivity index (χ4n) is 8.09. The number of benzene rings is 2. The molecule has 4 N–H and O–H groups in total. The van der Waals surface area contributed by atoms with Gasteiger partial charge in [0.1, 0.15) is 23.2 Å². The van der Waals surface area contributed by atoms with Crippen LogP contribution in [0.25, 0.3) is 33.6 Å². The number of alkyl carbamates (subject to hydrolysis) is 1. The first-order valence-corrected chi connectivity index (χ1v) is 18.2. The molecule has 2 saturated heterocycles.